The van der Waals surface area contributed by atoms with Gasteiger partial charge in [-0.05, 0) is 70.4 Å². The molecule has 202 valence electrons. The average Bonchev–Trinajstić information content (AvgIpc) is 3.22. The predicted octanol–water partition coefficient (Wildman–Crippen LogP) is 5.62. The first-order valence-corrected chi connectivity index (χ1v) is 14.2. The zero-order valence-electron chi connectivity index (χ0n) is 23.1. The molecule has 1 aliphatic rings. The topological polar surface area (TPSA) is 99.5 Å². The summed E-state index contributed by atoms with van der Waals surface area (Å²) in [6, 6.07) is -0.234. The second-order valence-corrected chi connectivity index (χ2v) is 12.2. The number of aromatic nitrogens is 1. The maximum atomic E-state index is 13.6. The lowest BCUT2D eigenvalue weighted by molar-refractivity contribution is -0.144. The van der Waals surface area contributed by atoms with Gasteiger partial charge in [0.1, 0.15) is 5.78 Å². The quantitative estimate of drug-likeness (QED) is 0.449. The van der Waals surface area contributed by atoms with Crippen molar-refractivity contribution in [2.75, 3.05) is 0 Å². The van der Waals surface area contributed by atoms with Gasteiger partial charge in [-0.25, -0.2) is 4.98 Å². The largest absolute Gasteiger partial charge is 0.392 e. The number of hydrogen-bond donors (Lipinski definition) is 3. The lowest BCUT2D eigenvalue weighted by atomic mass is 9.71. The van der Waals surface area contributed by atoms with Crippen molar-refractivity contribution in [3.8, 4) is 0 Å². The van der Waals surface area contributed by atoms with Gasteiger partial charge in [-0.15, -0.1) is 11.3 Å². The number of aliphatic hydroxyl groups excluding tert-OH is 2. The maximum Gasteiger partial charge on any atom is 0.223 e. The first-order valence-electron chi connectivity index (χ1n) is 13.3. The molecule has 0 unspecified atom stereocenters. The van der Waals surface area contributed by atoms with Crippen LogP contribution in [0, 0.1) is 24.2 Å². The van der Waals surface area contributed by atoms with Crippen LogP contribution in [0.25, 0.3) is 6.08 Å². The molecule has 0 saturated carbocycles. The molecule has 2 rings (SSSR count). The lowest BCUT2D eigenvalue weighted by Gasteiger charge is -2.36. The second-order valence-electron chi connectivity index (χ2n) is 11.1. The molecule has 0 spiro atoms. The molecule has 36 heavy (non-hydrogen) atoms. The van der Waals surface area contributed by atoms with Crippen LogP contribution in [0.5, 0.6) is 0 Å². The maximum absolute atomic E-state index is 13.6. The Balaban J connectivity index is 2.36. The molecule has 1 amide bonds. The Morgan fingerprint density at radius 2 is 1.97 bits per heavy atom. The Morgan fingerprint density at radius 1 is 1.28 bits per heavy atom. The van der Waals surface area contributed by atoms with Crippen molar-refractivity contribution in [1.29, 1.82) is 0 Å². The third kappa shape index (κ3) is 8.35. The van der Waals surface area contributed by atoms with Gasteiger partial charge in [0.05, 0.1) is 40.8 Å². The molecule has 2 heterocycles. The summed E-state index contributed by atoms with van der Waals surface area (Å²) in [5.41, 5.74) is 1.95. The first-order chi connectivity index (χ1) is 16.9. The van der Waals surface area contributed by atoms with Crippen molar-refractivity contribution < 1.29 is 19.8 Å². The van der Waals surface area contributed by atoms with Crippen LogP contribution in [0.3, 0.4) is 0 Å². The molecular formula is C29H46N2O4S. The van der Waals surface area contributed by atoms with Crippen LogP contribution in [-0.4, -0.2) is 45.1 Å². The predicted molar refractivity (Wildman–Crippen MR) is 148 cm³/mol. The van der Waals surface area contributed by atoms with Crippen molar-refractivity contribution in [3.63, 3.8) is 0 Å². The Hall–Kier alpha value is -1.83. The number of ketones is 1. The molecule has 1 aromatic heterocycles. The van der Waals surface area contributed by atoms with E-state index < -0.39 is 23.5 Å². The van der Waals surface area contributed by atoms with Gasteiger partial charge in [0.2, 0.25) is 5.91 Å². The molecule has 5 atom stereocenters. The highest BCUT2D eigenvalue weighted by Gasteiger charge is 2.43. The van der Waals surface area contributed by atoms with Crippen LogP contribution in [0.4, 0.5) is 0 Å². The highest BCUT2D eigenvalue weighted by atomic mass is 32.1. The van der Waals surface area contributed by atoms with Crippen LogP contribution in [0.2, 0.25) is 0 Å². The molecule has 0 radical (unpaired) electrons. The lowest BCUT2D eigenvalue weighted by Crippen LogP contribution is -2.48. The number of nitrogens with one attached hydrogen (secondary N) is 1. The van der Waals surface area contributed by atoms with Crippen molar-refractivity contribution in [2.45, 2.75) is 112 Å². The minimum atomic E-state index is -1.15. The SMILES string of the molecule is CCC[C@H]1C(=O)C(C)(C)[C@@H](O)CC(=O)N[C@H](/C(C)=C/c2csc(C)n2)C/C=C(/C)CCC[C@H](C)[C@@H]1O. The molecule has 1 aromatic rings. The molecule has 0 bridgehead atoms. The van der Waals surface area contributed by atoms with E-state index in [4.69, 9.17) is 0 Å². The van der Waals surface area contributed by atoms with E-state index in [9.17, 15) is 19.8 Å². The second kappa shape index (κ2) is 13.6. The molecule has 7 heteroatoms. The number of carbonyl (C=O) groups is 2. The summed E-state index contributed by atoms with van der Waals surface area (Å²) < 4.78 is 0. The van der Waals surface area contributed by atoms with E-state index >= 15 is 0 Å². The number of thiazole rings is 1. The number of rotatable bonds is 4. The van der Waals surface area contributed by atoms with E-state index in [2.05, 4.69) is 23.3 Å². The van der Waals surface area contributed by atoms with E-state index in [1.807, 2.05) is 39.2 Å². The number of aryl methyl sites for hydroxylation is 1. The van der Waals surface area contributed by atoms with Gasteiger partial charge in [-0.3, -0.25) is 9.59 Å². The van der Waals surface area contributed by atoms with Crippen LogP contribution in [-0.2, 0) is 9.59 Å². The monoisotopic (exact) mass is 518 g/mol. The smallest absolute Gasteiger partial charge is 0.223 e. The highest BCUT2D eigenvalue weighted by molar-refractivity contribution is 7.09. The molecule has 1 aliphatic heterocycles. The van der Waals surface area contributed by atoms with Gasteiger partial charge in [-0.1, -0.05) is 45.8 Å². The van der Waals surface area contributed by atoms with Gasteiger partial charge in [0.15, 0.2) is 0 Å². The zero-order valence-corrected chi connectivity index (χ0v) is 24.0. The van der Waals surface area contributed by atoms with Gasteiger partial charge in [0, 0.05) is 11.3 Å². The van der Waals surface area contributed by atoms with Crippen LogP contribution in [0.15, 0.2) is 22.6 Å². The van der Waals surface area contributed by atoms with Gasteiger partial charge >= 0.3 is 0 Å². The number of amides is 1. The Kier molecular flexibility index (Phi) is 11.5. The summed E-state index contributed by atoms with van der Waals surface area (Å²) in [5.74, 6) is -1.04. The molecule has 0 aliphatic carbocycles. The van der Waals surface area contributed by atoms with Crippen molar-refractivity contribution in [3.05, 3.63) is 33.3 Å². The first kappa shape index (κ1) is 30.4. The van der Waals surface area contributed by atoms with E-state index in [-0.39, 0.29) is 30.1 Å². The molecule has 0 aromatic carbocycles. The molecule has 0 saturated heterocycles. The van der Waals surface area contributed by atoms with E-state index in [0.717, 1.165) is 42.0 Å². The standard InChI is InChI=1S/C29H46N2O4S/c1-8-10-23-27(34)19(3)12-9-11-18(2)13-14-24(20(4)15-22-17-36-21(5)30-22)31-26(33)16-25(32)29(6,7)28(23)35/h13,15,17,19,23-25,27,32,34H,8-12,14,16H2,1-7H3,(H,31,33)/b18-13-,20-15+/t19-,23+,24-,25-,27-/m0/s1. The number of nitrogens with zero attached hydrogens (tertiary/aromatic N) is 1. The summed E-state index contributed by atoms with van der Waals surface area (Å²) in [7, 11) is 0. The van der Waals surface area contributed by atoms with E-state index in [0.29, 0.717) is 12.8 Å². The number of allylic oxidation sites excluding steroid dienone is 1. The summed E-state index contributed by atoms with van der Waals surface area (Å²) in [6.07, 6.45) is 6.70. The minimum absolute atomic E-state index is 0.0260. The average molecular weight is 519 g/mol. The fraction of sp³-hybridized carbons (Fsp3) is 0.690. The zero-order chi connectivity index (χ0) is 27.0. The molecule has 3 N–H and O–H groups in total. The number of carbonyl (C=O) groups excluding carboxylic acids is 2. The third-order valence-corrected chi connectivity index (χ3v) is 8.40. The van der Waals surface area contributed by atoms with Crippen molar-refractivity contribution in [2.24, 2.45) is 17.3 Å². The summed E-state index contributed by atoms with van der Waals surface area (Å²) in [4.78, 5) is 31.2. The normalized spacial score (nSPS) is 31.0. The van der Waals surface area contributed by atoms with Gasteiger partial charge in [-0.2, -0.15) is 0 Å². The van der Waals surface area contributed by atoms with Gasteiger partial charge < -0.3 is 15.5 Å². The van der Waals surface area contributed by atoms with E-state index in [1.54, 1.807) is 25.2 Å². The fourth-order valence-electron chi connectivity index (χ4n) is 4.92. The summed E-state index contributed by atoms with van der Waals surface area (Å²) >= 11 is 1.59. The highest BCUT2D eigenvalue weighted by Crippen LogP contribution is 2.34. The third-order valence-electron chi connectivity index (χ3n) is 7.61. The van der Waals surface area contributed by atoms with E-state index in [1.165, 1.54) is 5.57 Å². The van der Waals surface area contributed by atoms with Crippen molar-refractivity contribution >= 4 is 29.1 Å². The minimum Gasteiger partial charge on any atom is -0.392 e. The number of Topliss-reactive ketones (excluding diaryl/α,β-unsaturated/α-hetero) is 1. The van der Waals surface area contributed by atoms with Crippen LogP contribution < -0.4 is 5.32 Å². The Morgan fingerprint density at radius 3 is 2.58 bits per heavy atom. The molecule has 0 fully saturated rings. The molecule has 6 nitrogen and oxygen atoms in total. The fourth-order valence-corrected chi connectivity index (χ4v) is 5.49. The van der Waals surface area contributed by atoms with Crippen LogP contribution >= 0.6 is 11.3 Å². The van der Waals surface area contributed by atoms with Gasteiger partial charge in [0.25, 0.3) is 0 Å². The van der Waals surface area contributed by atoms with Crippen LogP contribution in [0.1, 0.15) is 97.2 Å². The Bertz CT molecular complexity index is 949. The summed E-state index contributed by atoms with van der Waals surface area (Å²) in [6.45, 7) is 13.4. The summed E-state index contributed by atoms with van der Waals surface area (Å²) in [5, 5.41) is 28.2. The number of hydrogen-bond acceptors (Lipinski definition) is 6. The Labute approximate surface area is 221 Å². The van der Waals surface area contributed by atoms with Crippen molar-refractivity contribution in [1.82, 2.24) is 10.3 Å². The number of aliphatic hydroxyl groups is 2. The molecular weight excluding hydrogens is 472 g/mol.